The predicted molar refractivity (Wildman–Crippen MR) is 71.9 cm³/mol. The molecule has 1 unspecified atom stereocenters. The van der Waals surface area contributed by atoms with Crippen molar-refractivity contribution in [2.45, 2.75) is 12.8 Å². The van der Waals surface area contributed by atoms with Crippen molar-refractivity contribution in [1.82, 2.24) is 20.3 Å². The molecule has 2 aromatic heterocycles. The second-order valence-corrected chi connectivity index (χ2v) is 5.00. The van der Waals surface area contributed by atoms with Gasteiger partial charge in [0.25, 0.3) is 5.91 Å². The lowest BCUT2D eigenvalue weighted by Crippen LogP contribution is -2.28. The van der Waals surface area contributed by atoms with E-state index in [1.165, 1.54) is 11.3 Å². The van der Waals surface area contributed by atoms with Gasteiger partial charge >= 0.3 is 5.97 Å². The van der Waals surface area contributed by atoms with Crippen LogP contribution < -0.4 is 5.32 Å². The summed E-state index contributed by atoms with van der Waals surface area (Å²) in [6, 6.07) is 0. The first-order chi connectivity index (χ1) is 9.58. The van der Waals surface area contributed by atoms with Crippen LogP contribution in [0.4, 0.5) is 0 Å². The number of hydrogen-bond donors (Lipinski definition) is 2. The minimum absolute atomic E-state index is 0.0846. The average Bonchev–Trinajstić information content (AvgIpc) is 2.98. The van der Waals surface area contributed by atoms with Crippen molar-refractivity contribution in [2.24, 2.45) is 0 Å². The molecule has 2 heterocycles. The molecule has 2 N–H and O–H groups in total. The highest BCUT2D eigenvalue weighted by atomic mass is 32.1. The third-order valence-electron chi connectivity index (χ3n) is 2.55. The molecule has 0 bridgehead atoms. The van der Waals surface area contributed by atoms with Crippen molar-refractivity contribution >= 4 is 23.2 Å². The lowest BCUT2D eigenvalue weighted by Gasteiger charge is -2.09. The highest BCUT2D eigenvalue weighted by Gasteiger charge is 2.13. The minimum atomic E-state index is -1.18. The maximum Gasteiger partial charge on any atom is 0.356 e. The zero-order valence-corrected chi connectivity index (χ0v) is 11.4. The minimum Gasteiger partial charge on any atom is -0.476 e. The van der Waals surface area contributed by atoms with E-state index in [0.717, 1.165) is 17.4 Å². The first-order valence-electron chi connectivity index (χ1n) is 5.81. The Labute approximate surface area is 118 Å². The molecule has 0 aliphatic carbocycles. The van der Waals surface area contributed by atoms with E-state index >= 15 is 0 Å². The fraction of sp³-hybridized carbons (Fsp3) is 0.250. The first-order valence-corrected chi connectivity index (χ1v) is 6.69. The van der Waals surface area contributed by atoms with E-state index in [-0.39, 0.29) is 17.3 Å². The number of carboxylic acid groups (broad SMARTS) is 1. The molecule has 0 spiro atoms. The number of aromatic carboxylic acids is 1. The van der Waals surface area contributed by atoms with Crippen LogP contribution in [-0.2, 0) is 0 Å². The lowest BCUT2D eigenvalue weighted by molar-refractivity contribution is 0.0689. The van der Waals surface area contributed by atoms with Crippen molar-refractivity contribution in [2.75, 3.05) is 6.54 Å². The van der Waals surface area contributed by atoms with Crippen LogP contribution in [0.1, 0.15) is 38.8 Å². The van der Waals surface area contributed by atoms with E-state index in [2.05, 4.69) is 20.3 Å². The van der Waals surface area contributed by atoms with Gasteiger partial charge in [-0.2, -0.15) is 0 Å². The maximum absolute atomic E-state index is 11.8. The third kappa shape index (κ3) is 3.35. The number of amides is 1. The molecule has 1 amide bonds. The van der Waals surface area contributed by atoms with Gasteiger partial charge in [0.05, 0.1) is 17.4 Å². The Balaban J connectivity index is 1.93. The second kappa shape index (κ2) is 6.20. The summed E-state index contributed by atoms with van der Waals surface area (Å²) >= 11 is 1.53. The smallest absolute Gasteiger partial charge is 0.356 e. The molecule has 7 nitrogen and oxygen atoms in total. The lowest BCUT2D eigenvalue weighted by atomic mass is 10.2. The van der Waals surface area contributed by atoms with E-state index < -0.39 is 11.9 Å². The molecule has 1 atom stereocenters. The Morgan fingerprint density at radius 2 is 2.00 bits per heavy atom. The molecule has 0 fully saturated rings. The largest absolute Gasteiger partial charge is 0.476 e. The monoisotopic (exact) mass is 292 g/mol. The van der Waals surface area contributed by atoms with Crippen LogP contribution >= 0.6 is 11.3 Å². The van der Waals surface area contributed by atoms with E-state index in [9.17, 15) is 9.59 Å². The van der Waals surface area contributed by atoms with E-state index in [0.29, 0.717) is 6.54 Å². The van der Waals surface area contributed by atoms with Crippen molar-refractivity contribution in [3.63, 3.8) is 0 Å². The summed E-state index contributed by atoms with van der Waals surface area (Å²) in [5.74, 6) is -1.47. The summed E-state index contributed by atoms with van der Waals surface area (Å²) in [5.41, 5.74) is -0.112. The number of carboxylic acids is 1. The molecule has 0 aliphatic heterocycles. The molecule has 0 radical (unpaired) electrons. The number of thiazole rings is 1. The molecular weight excluding hydrogens is 280 g/mol. The average molecular weight is 292 g/mol. The molecule has 8 heteroatoms. The van der Waals surface area contributed by atoms with Gasteiger partial charge in [-0.15, -0.1) is 11.3 Å². The Morgan fingerprint density at radius 3 is 2.55 bits per heavy atom. The number of nitrogens with one attached hydrogen (secondary N) is 1. The van der Waals surface area contributed by atoms with Crippen molar-refractivity contribution in [3.8, 4) is 0 Å². The summed E-state index contributed by atoms with van der Waals surface area (Å²) in [6.07, 6.45) is 3.92. The summed E-state index contributed by atoms with van der Waals surface area (Å²) in [7, 11) is 0. The van der Waals surface area contributed by atoms with Crippen LogP contribution in [0.15, 0.2) is 24.0 Å². The van der Waals surface area contributed by atoms with Gasteiger partial charge in [0.1, 0.15) is 5.69 Å². The van der Waals surface area contributed by atoms with Gasteiger partial charge < -0.3 is 10.4 Å². The molecule has 104 valence electrons. The van der Waals surface area contributed by atoms with E-state index in [4.69, 9.17) is 5.11 Å². The van der Waals surface area contributed by atoms with Crippen LogP contribution in [0.2, 0.25) is 0 Å². The molecule has 20 heavy (non-hydrogen) atoms. The number of carbonyl (C=O) groups is 2. The topological polar surface area (TPSA) is 105 Å². The van der Waals surface area contributed by atoms with Crippen molar-refractivity contribution in [1.29, 1.82) is 0 Å². The Kier molecular flexibility index (Phi) is 4.36. The van der Waals surface area contributed by atoms with Gasteiger partial charge in [0.2, 0.25) is 0 Å². The Morgan fingerprint density at radius 1 is 1.30 bits per heavy atom. The van der Waals surface area contributed by atoms with Gasteiger partial charge in [-0.3, -0.25) is 4.79 Å². The van der Waals surface area contributed by atoms with Crippen molar-refractivity contribution < 1.29 is 14.7 Å². The van der Waals surface area contributed by atoms with Crippen molar-refractivity contribution in [3.05, 3.63) is 40.4 Å². The molecule has 0 aromatic carbocycles. The maximum atomic E-state index is 11.8. The Bertz CT molecular complexity index is 598. The van der Waals surface area contributed by atoms with Crippen LogP contribution in [0.3, 0.4) is 0 Å². The first kappa shape index (κ1) is 14.1. The Hall–Kier alpha value is -2.35. The number of nitrogens with zero attached hydrogens (tertiary/aromatic N) is 3. The van der Waals surface area contributed by atoms with Crippen LogP contribution in [-0.4, -0.2) is 38.5 Å². The van der Waals surface area contributed by atoms with E-state index in [1.54, 1.807) is 6.20 Å². The fourth-order valence-electron chi connectivity index (χ4n) is 1.46. The van der Waals surface area contributed by atoms with Gasteiger partial charge in [-0.25, -0.2) is 19.7 Å². The predicted octanol–water partition coefficient (Wildman–Crippen LogP) is 1.16. The molecule has 0 aliphatic rings. The van der Waals surface area contributed by atoms with Crippen LogP contribution in [0, 0.1) is 0 Å². The molecule has 2 rings (SSSR count). The van der Waals surface area contributed by atoms with Gasteiger partial charge in [0, 0.05) is 24.0 Å². The number of rotatable bonds is 5. The second-order valence-electron chi connectivity index (χ2n) is 4.07. The normalized spacial score (nSPS) is 11.8. The quantitative estimate of drug-likeness (QED) is 0.857. The zero-order valence-electron chi connectivity index (χ0n) is 10.6. The van der Waals surface area contributed by atoms with Crippen LogP contribution in [0.25, 0.3) is 0 Å². The van der Waals surface area contributed by atoms with Gasteiger partial charge in [-0.05, 0) is 0 Å². The summed E-state index contributed by atoms with van der Waals surface area (Å²) < 4.78 is 0. The standard InChI is InChI=1S/C12H12N4O3S/c1-7(11-13-2-3-20-11)4-16-10(17)8-5-15-9(6-14-8)12(18)19/h2-3,5-7H,4H2,1H3,(H,16,17)(H,18,19). The summed E-state index contributed by atoms with van der Waals surface area (Å²) in [4.78, 5) is 34.0. The number of hydrogen-bond acceptors (Lipinski definition) is 6. The SMILES string of the molecule is CC(CNC(=O)c1cnc(C(=O)O)cn1)c1nccs1. The fourth-order valence-corrected chi connectivity index (χ4v) is 2.16. The number of carbonyl (C=O) groups excluding carboxylic acids is 1. The third-order valence-corrected chi connectivity index (χ3v) is 3.55. The summed E-state index contributed by atoms with van der Waals surface area (Å²) in [6.45, 7) is 2.38. The molecule has 0 saturated carbocycles. The highest BCUT2D eigenvalue weighted by molar-refractivity contribution is 7.09. The number of aromatic nitrogens is 3. The van der Waals surface area contributed by atoms with Gasteiger partial charge in [0.15, 0.2) is 5.69 Å². The molecule has 0 saturated heterocycles. The summed E-state index contributed by atoms with van der Waals surface area (Å²) in [5, 5.41) is 14.2. The zero-order chi connectivity index (χ0) is 14.5. The van der Waals surface area contributed by atoms with Gasteiger partial charge in [-0.1, -0.05) is 6.92 Å². The molecule has 2 aromatic rings. The molecular formula is C12H12N4O3S. The highest BCUT2D eigenvalue weighted by Crippen LogP contribution is 2.16. The van der Waals surface area contributed by atoms with Crippen LogP contribution in [0.5, 0.6) is 0 Å². The van der Waals surface area contributed by atoms with E-state index in [1.807, 2.05) is 12.3 Å².